The molecule has 2 rings (SSSR count). The van der Waals surface area contributed by atoms with Crippen molar-refractivity contribution >= 4 is 28.5 Å². The first kappa shape index (κ1) is 9.93. The molecule has 1 aromatic heterocycles. The van der Waals surface area contributed by atoms with Gasteiger partial charge >= 0.3 is 0 Å². The van der Waals surface area contributed by atoms with Crippen LogP contribution in [0.1, 0.15) is 0 Å². The summed E-state index contributed by atoms with van der Waals surface area (Å²) in [5, 5.41) is 3.58. The van der Waals surface area contributed by atoms with Crippen molar-refractivity contribution in [3.8, 4) is 0 Å². The van der Waals surface area contributed by atoms with Gasteiger partial charge in [-0.1, -0.05) is 30.3 Å². The van der Waals surface area contributed by atoms with Crippen LogP contribution in [0.5, 0.6) is 0 Å². The first-order valence-corrected chi connectivity index (χ1v) is 4.92. The van der Waals surface area contributed by atoms with Crippen LogP contribution in [0.2, 0.25) is 0 Å². The first-order chi connectivity index (χ1) is 7.25. The molecule has 0 saturated carbocycles. The van der Waals surface area contributed by atoms with E-state index in [9.17, 15) is 0 Å². The molecule has 4 heteroatoms. The van der Waals surface area contributed by atoms with E-state index in [-0.39, 0.29) is 0 Å². The molecule has 0 saturated heterocycles. The molecule has 0 amide bonds. The van der Waals surface area contributed by atoms with Crippen molar-refractivity contribution in [3.05, 3.63) is 42.1 Å². The fraction of sp³-hybridized carbons (Fsp3) is 0.0909. The van der Waals surface area contributed by atoms with Crippen LogP contribution in [-0.4, -0.2) is 16.5 Å². The Balaban J connectivity index is 2.26. The summed E-state index contributed by atoms with van der Waals surface area (Å²) >= 11 is 5.64. The van der Waals surface area contributed by atoms with E-state index in [1.54, 1.807) is 6.20 Å². The molecule has 1 aromatic carbocycles. The van der Waals surface area contributed by atoms with Gasteiger partial charge < -0.3 is 5.32 Å². The normalized spacial score (nSPS) is 10.2. The van der Waals surface area contributed by atoms with Gasteiger partial charge in [0.1, 0.15) is 5.82 Å². The van der Waals surface area contributed by atoms with E-state index in [2.05, 4.69) is 21.9 Å². The first-order valence-electron chi connectivity index (χ1n) is 4.54. The minimum absolute atomic E-state index is 0.495. The Morgan fingerprint density at radius 2 is 2.07 bits per heavy atom. The molecule has 15 heavy (non-hydrogen) atoms. The molecule has 0 unspecified atom stereocenters. The van der Waals surface area contributed by atoms with Crippen molar-refractivity contribution in [2.45, 2.75) is 0 Å². The van der Waals surface area contributed by atoms with E-state index in [4.69, 9.17) is 11.6 Å². The molecule has 0 aliphatic heterocycles. The molecule has 2 aromatic rings. The molecule has 1 N–H and O–H groups in total. The van der Waals surface area contributed by atoms with Gasteiger partial charge in [-0.15, -0.1) is 0 Å². The summed E-state index contributed by atoms with van der Waals surface area (Å²) in [6.07, 6.45) is 1.68. The molecule has 0 aliphatic rings. The molecular formula is C11H10ClN3. The fourth-order valence-electron chi connectivity index (χ4n) is 1.23. The zero-order valence-corrected chi connectivity index (χ0v) is 8.83. The SMILES string of the molecule is C=C(Cl)CNc1cnc2ccccc2n1. The van der Waals surface area contributed by atoms with Crippen LogP contribution in [-0.2, 0) is 0 Å². The van der Waals surface area contributed by atoms with Gasteiger partial charge in [-0.3, -0.25) is 4.98 Å². The summed E-state index contributed by atoms with van der Waals surface area (Å²) in [6.45, 7) is 4.08. The van der Waals surface area contributed by atoms with Gasteiger partial charge in [0, 0.05) is 5.03 Å². The highest BCUT2D eigenvalue weighted by atomic mass is 35.5. The number of nitrogens with zero attached hydrogens (tertiary/aromatic N) is 2. The second-order valence-corrected chi connectivity index (χ2v) is 3.65. The lowest BCUT2D eigenvalue weighted by atomic mass is 10.3. The highest BCUT2D eigenvalue weighted by molar-refractivity contribution is 6.29. The van der Waals surface area contributed by atoms with Crippen molar-refractivity contribution < 1.29 is 0 Å². The number of aromatic nitrogens is 2. The summed E-state index contributed by atoms with van der Waals surface area (Å²) in [6, 6.07) is 7.71. The second-order valence-electron chi connectivity index (χ2n) is 3.11. The molecule has 76 valence electrons. The summed E-state index contributed by atoms with van der Waals surface area (Å²) < 4.78 is 0. The standard InChI is InChI=1S/C11H10ClN3/c1-8(12)6-14-11-7-13-9-4-2-3-5-10(9)15-11/h2-5,7H,1,6H2,(H,14,15). The fourth-order valence-corrected chi connectivity index (χ4v) is 1.30. The maximum Gasteiger partial charge on any atom is 0.145 e. The largest absolute Gasteiger partial charge is 0.364 e. The maximum absolute atomic E-state index is 5.64. The van der Waals surface area contributed by atoms with E-state index in [1.807, 2.05) is 24.3 Å². The van der Waals surface area contributed by atoms with E-state index >= 15 is 0 Å². The Hall–Kier alpha value is -1.61. The lowest BCUT2D eigenvalue weighted by Crippen LogP contribution is -2.03. The molecule has 0 spiro atoms. The molecule has 0 bridgehead atoms. The van der Waals surface area contributed by atoms with Crippen molar-refractivity contribution in [2.75, 3.05) is 11.9 Å². The number of nitrogens with one attached hydrogen (secondary N) is 1. The van der Waals surface area contributed by atoms with Crippen LogP contribution in [0.25, 0.3) is 11.0 Å². The molecule has 0 atom stereocenters. The Morgan fingerprint density at radius 3 is 2.80 bits per heavy atom. The number of hydrogen-bond donors (Lipinski definition) is 1. The summed E-state index contributed by atoms with van der Waals surface area (Å²) in [5.74, 6) is 0.704. The molecule has 0 aliphatic carbocycles. The van der Waals surface area contributed by atoms with Crippen molar-refractivity contribution in [1.82, 2.24) is 9.97 Å². The topological polar surface area (TPSA) is 37.8 Å². The summed E-state index contributed by atoms with van der Waals surface area (Å²) in [4.78, 5) is 8.64. The van der Waals surface area contributed by atoms with Crippen molar-refractivity contribution in [1.29, 1.82) is 0 Å². The molecule has 0 radical (unpaired) electrons. The number of anilines is 1. The zero-order chi connectivity index (χ0) is 10.7. The van der Waals surface area contributed by atoms with E-state index in [1.165, 1.54) is 0 Å². The Bertz CT molecular complexity index is 496. The molecule has 0 fully saturated rings. The van der Waals surface area contributed by atoms with Crippen LogP contribution in [0, 0.1) is 0 Å². The smallest absolute Gasteiger partial charge is 0.145 e. The molecule has 1 heterocycles. The average Bonchev–Trinajstić information content (AvgIpc) is 2.26. The highest BCUT2D eigenvalue weighted by Gasteiger charge is 1.98. The average molecular weight is 220 g/mol. The molecular weight excluding hydrogens is 210 g/mol. The van der Waals surface area contributed by atoms with Gasteiger partial charge in [-0.2, -0.15) is 0 Å². The second kappa shape index (κ2) is 4.28. The number of rotatable bonds is 3. The minimum atomic E-state index is 0.495. The van der Waals surface area contributed by atoms with Crippen molar-refractivity contribution in [2.24, 2.45) is 0 Å². The van der Waals surface area contributed by atoms with Gasteiger partial charge in [0.2, 0.25) is 0 Å². The van der Waals surface area contributed by atoms with Gasteiger partial charge in [0.25, 0.3) is 0 Å². The third kappa shape index (κ3) is 2.44. The third-order valence-corrected chi connectivity index (χ3v) is 2.04. The van der Waals surface area contributed by atoms with Crippen molar-refractivity contribution in [3.63, 3.8) is 0 Å². The van der Waals surface area contributed by atoms with Crippen LogP contribution in [0.4, 0.5) is 5.82 Å². The lowest BCUT2D eigenvalue weighted by Gasteiger charge is -2.04. The highest BCUT2D eigenvalue weighted by Crippen LogP contribution is 2.11. The van der Waals surface area contributed by atoms with Crippen LogP contribution >= 0.6 is 11.6 Å². The number of halogens is 1. The number of benzene rings is 1. The predicted molar refractivity (Wildman–Crippen MR) is 63.0 cm³/mol. The zero-order valence-electron chi connectivity index (χ0n) is 8.07. The third-order valence-electron chi connectivity index (χ3n) is 1.91. The molecule has 3 nitrogen and oxygen atoms in total. The van der Waals surface area contributed by atoms with Gasteiger partial charge in [0.15, 0.2) is 0 Å². The summed E-state index contributed by atoms with van der Waals surface area (Å²) in [7, 11) is 0. The monoisotopic (exact) mass is 219 g/mol. The van der Waals surface area contributed by atoms with E-state index in [0.717, 1.165) is 11.0 Å². The minimum Gasteiger partial charge on any atom is -0.364 e. The van der Waals surface area contributed by atoms with Crippen LogP contribution < -0.4 is 5.32 Å². The van der Waals surface area contributed by atoms with Gasteiger partial charge in [-0.05, 0) is 12.1 Å². The lowest BCUT2D eigenvalue weighted by molar-refractivity contribution is 1.21. The van der Waals surface area contributed by atoms with Crippen LogP contribution in [0.3, 0.4) is 0 Å². The van der Waals surface area contributed by atoms with Gasteiger partial charge in [0.05, 0.1) is 23.8 Å². The number of fused-ring (bicyclic) bond motifs is 1. The van der Waals surface area contributed by atoms with Gasteiger partial charge in [-0.25, -0.2) is 4.98 Å². The number of hydrogen-bond acceptors (Lipinski definition) is 3. The maximum atomic E-state index is 5.64. The van der Waals surface area contributed by atoms with E-state index in [0.29, 0.717) is 17.4 Å². The van der Waals surface area contributed by atoms with E-state index < -0.39 is 0 Å². The Morgan fingerprint density at radius 1 is 1.33 bits per heavy atom. The summed E-state index contributed by atoms with van der Waals surface area (Å²) in [5.41, 5.74) is 1.75. The number of para-hydroxylation sites is 2. The Labute approximate surface area is 92.8 Å². The Kier molecular flexibility index (Phi) is 2.83. The predicted octanol–water partition coefficient (Wildman–Crippen LogP) is 2.79. The quantitative estimate of drug-likeness (QED) is 0.863. The van der Waals surface area contributed by atoms with Crippen LogP contribution in [0.15, 0.2) is 42.1 Å².